The SMILES string of the molecule is C=C(Cc1cccs1)C(C)C(=O)O. The van der Waals surface area contributed by atoms with Crippen LogP contribution in [-0.4, -0.2) is 11.1 Å². The van der Waals surface area contributed by atoms with Crippen molar-refractivity contribution < 1.29 is 9.90 Å². The van der Waals surface area contributed by atoms with Gasteiger partial charge in [0.1, 0.15) is 0 Å². The van der Waals surface area contributed by atoms with Crippen LogP contribution < -0.4 is 0 Å². The van der Waals surface area contributed by atoms with E-state index in [9.17, 15) is 4.79 Å². The van der Waals surface area contributed by atoms with E-state index in [1.165, 1.54) is 0 Å². The molecule has 0 aliphatic heterocycles. The molecule has 0 amide bonds. The van der Waals surface area contributed by atoms with Crippen LogP contribution in [0.4, 0.5) is 0 Å². The average Bonchev–Trinajstić information content (AvgIpc) is 2.55. The van der Waals surface area contributed by atoms with Gasteiger partial charge in [0, 0.05) is 11.3 Å². The summed E-state index contributed by atoms with van der Waals surface area (Å²) in [4.78, 5) is 11.8. The Hall–Kier alpha value is -1.09. The van der Waals surface area contributed by atoms with Crippen LogP contribution in [0, 0.1) is 5.92 Å². The lowest BCUT2D eigenvalue weighted by Gasteiger charge is -2.08. The standard InChI is InChI=1S/C10H12O2S/c1-7(8(2)10(11)12)6-9-4-3-5-13-9/h3-5,8H,1,6H2,2H3,(H,11,12). The van der Waals surface area contributed by atoms with Crippen molar-refractivity contribution in [2.75, 3.05) is 0 Å². The lowest BCUT2D eigenvalue weighted by Crippen LogP contribution is -2.12. The Labute approximate surface area is 81.5 Å². The molecule has 0 saturated heterocycles. The Morgan fingerprint density at radius 2 is 2.46 bits per heavy atom. The molecule has 0 spiro atoms. The average molecular weight is 196 g/mol. The molecule has 2 nitrogen and oxygen atoms in total. The molecule has 0 fully saturated rings. The van der Waals surface area contributed by atoms with Gasteiger partial charge in [-0.05, 0) is 18.4 Å². The molecule has 3 heteroatoms. The van der Waals surface area contributed by atoms with Crippen LogP contribution in [0.25, 0.3) is 0 Å². The molecule has 1 atom stereocenters. The van der Waals surface area contributed by atoms with E-state index in [1.807, 2.05) is 17.5 Å². The van der Waals surface area contributed by atoms with Gasteiger partial charge in [-0.15, -0.1) is 11.3 Å². The maximum absolute atomic E-state index is 10.6. The fourth-order valence-corrected chi connectivity index (χ4v) is 1.72. The van der Waals surface area contributed by atoms with Gasteiger partial charge >= 0.3 is 5.97 Å². The molecule has 1 rings (SSSR count). The van der Waals surface area contributed by atoms with E-state index in [0.717, 1.165) is 10.5 Å². The third-order valence-electron chi connectivity index (χ3n) is 1.96. The summed E-state index contributed by atoms with van der Waals surface area (Å²) < 4.78 is 0. The molecule has 0 aliphatic rings. The number of hydrogen-bond acceptors (Lipinski definition) is 2. The highest BCUT2D eigenvalue weighted by Gasteiger charge is 2.14. The first-order valence-electron chi connectivity index (χ1n) is 4.04. The molecule has 1 N–H and O–H groups in total. The van der Waals surface area contributed by atoms with Gasteiger partial charge < -0.3 is 5.11 Å². The zero-order valence-electron chi connectivity index (χ0n) is 7.49. The Bertz CT molecular complexity index is 301. The molecule has 0 saturated carbocycles. The molecule has 1 aromatic rings. The van der Waals surface area contributed by atoms with Crippen molar-refractivity contribution in [3.05, 3.63) is 34.5 Å². The van der Waals surface area contributed by atoms with Crippen LogP contribution in [-0.2, 0) is 11.2 Å². The molecular weight excluding hydrogens is 184 g/mol. The molecule has 13 heavy (non-hydrogen) atoms. The fourth-order valence-electron chi connectivity index (χ4n) is 0.965. The van der Waals surface area contributed by atoms with Crippen molar-refractivity contribution in [2.24, 2.45) is 5.92 Å². The van der Waals surface area contributed by atoms with Crippen molar-refractivity contribution in [3.63, 3.8) is 0 Å². The molecule has 1 heterocycles. The molecular formula is C10H12O2S. The Balaban J connectivity index is 2.56. The van der Waals surface area contributed by atoms with E-state index in [1.54, 1.807) is 18.3 Å². The van der Waals surface area contributed by atoms with E-state index >= 15 is 0 Å². The maximum atomic E-state index is 10.6. The van der Waals surface area contributed by atoms with E-state index in [4.69, 9.17) is 5.11 Å². The predicted octanol–water partition coefficient (Wildman–Crippen LogP) is 2.57. The zero-order chi connectivity index (χ0) is 9.84. The highest BCUT2D eigenvalue weighted by molar-refractivity contribution is 7.09. The van der Waals surface area contributed by atoms with Crippen molar-refractivity contribution in [1.29, 1.82) is 0 Å². The third kappa shape index (κ3) is 2.70. The van der Waals surface area contributed by atoms with Crippen molar-refractivity contribution in [2.45, 2.75) is 13.3 Å². The lowest BCUT2D eigenvalue weighted by molar-refractivity contribution is -0.139. The Kier molecular flexibility index (Phi) is 3.25. The van der Waals surface area contributed by atoms with Crippen molar-refractivity contribution in [1.82, 2.24) is 0 Å². The zero-order valence-corrected chi connectivity index (χ0v) is 8.30. The minimum atomic E-state index is -0.804. The van der Waals surface area contributed by atoms with Crippen molar-refractivity contribution in [3.8, 4) is 0 Å². The first-order valence-corrected chi connectivity index (χ1v) is 4.92. The third-order valence-corrected chi connectivity index (χ3v) is 2.84. The molecule has 0 aliphatic carbocycles. The van der Waals surface area contributed by atoms with Crippen LogP contribution in [0.3, 0.4) is 0 Å². The van der Waals surface area contributed by atoms with Gasteiger partial charge in [0.2, 0.25) is 0 Å². The maximum Gasteiger partial charge on any atom is 0.310 e. The highest BCUT2D eigenvalue weighted by atomic mass is 32.1. The van der Waals surface area contributed by atoms with Gasteiger partial charge in [-0.2, -0.15) is 0 Å². The number of carboxylic acids is 1. The largest absolute Gasteiger partial charge is 0.481 e. The van der Waals surface area contributed by atoms with Gasteiger partial charge in [0.15, 0.2) is 0 Å². The highest BCUT2D eigenvalue weighted by Crippen LogP contribution is 2.18. The number of hydrogen-bond donors (Lipinski definition) is 1. The van der Waals surface area contributed by atoms with Gasteiger partial charge in [0.25, 0.3) is 0 Å². The Morgan fingerprint density at radius 1 is 1.77 bits per heavy atom. The second-order valence-electron chi connectivity index (χ2n) is 2.97. The summed E-state index contributed by atoms with van der Waals surface area (Å²) in [7, 11) is 0. The fraction of sp³-hybridized carbons (Fsp3) is 0.300. The number of carboxylic acid groups (broad SMARTS) is 1. The van der Waals surface area contributed by atoms with Crippen LogP contribution in [0.15, 0.2) is 29.7 Å². The van der Waals surface area contributed by atoms with Crippen molar-refractivity contribution >= 4 is 17.3 Å². The van der Waals surface area contributed by atoms with Crippen LogP contribution in [0.1, 0.15) is 11.8 Å². The predicted molar refractivity (Wildman–Crippen MR) is 54.0 cm³/mol. The minimum Gasteiger partial charge on any atom is -0.481 e. The number of carbonyl (C=O) groups is 1. The summed E-state index contributed by atoms with van der Waals surface area (Å²) in [5, 5.41) is 10.7. The molecule has 1 aromatic heterocycles. The van der Waals surface area contributed by atoms with E-state index in [2.05, 4.69) is 6.58 Å². The summed E-state index contributed by atoms with van der Waals surface area (Å²) in [6.45, 7) is 5.44. The van der Waals surface area contributed by atoms with E-state index in [0.29, 0.717) is 6.42 Å². The molecule has 0 radical (unpaired) electrons. The normalized spacial score (nSPS) is 12.4. The van der Waals surface area contributed by atoms with Crippen LogP contribution in [0.2, 0.25) is 0 Å². The number of rotatable bonds is 4. The second-order valence-corrected chi connectivity index (χ2v) is 4.01. The monoisotopic (exact) mass is 196 g/mol. The first kappa shape index (κ1) is 9.99. The summed E-state index contributed by atoms with van der Waals surface area (Å²) in [5.74, 6) is -1.26. The molecule has 70 valence electrons. The van der Waals surface area contributed by atoms with Gasteiger partial charge in [-0.25, -0.2) is 0 Å². The second kappa shape index (κ2) is 4.23. The lowest BCUT2D eigenvalue weighted by atomic mass is 10.00. The molecule has 1 unspecified atom stereocenters. The first-order chi connectivity index (χ1) is 6.11. The van der Waals surface area contributed by atoms with Crippen LogP contribution >= 0.6 is 11.3 Å². The molecule has 0 aromatic carbocycles. The summed E-state index contributed by atoms with van der Waals surface area (Å²) >= 11 is 1.63. The number of thiophene rings is 1. The Morgan fingerprint density at radius 3 is 2.92 bits per heavy atom. The van der Waals surface area contributed by atoms with Gasteiger partial charge in [-0.3, -0.25) is 4.79 Å². The van der Waals surface area contributed by atoms with Gasteiger partial charge in [-0.1, -0.05) is 18.2 Å². The van der Waals surface area contributed by atoms with Crippen LogP contribution in [0.5, 0.6) is 0 Å². The minimum absolute atomic E-state index is 0.456. The summed E-state index contributed by atoms with van der Waals surface area (Å²) in [5.41, 5.74) is 0.759. The van der Waals surface area contributed by atoms with E-state index in [-0.39, 0.29) is 0 Å². The topological polar surface area (TPSA) is 37.3 Å². The summed E-state index contributed by atoms with van der Waals surface area (Å²) in [6, 6.07) is 3.95. The molecule has 0 bridgehead atoms. The smallest absolute Gasteiger partial charge is 0.310 e. The quantitative estimate of drug-likeness (QED) is 0.751. The van der Waals surface area contributed by atoms with Gasteiger partial charge in [0.05, 0.1) is 5.92 Å². The summed E-state index contributed by atoms with van der Waals surface area (Å²) in [6.07, 6.45) is 0.672. The number of aliphatic carboxylic acids is 1. The van der Waals surface area contributed by atoms with E-state index < -0.39 is 11.9 Å².